The van der Waals surface area contributed by atoms with Gasteiger partial charge >= 0.3 is 0 Å². The Morgan fingerprint density at radius 1 is 1.32 bits per heavy atom. The second kappa shape index (κ2) is 7.33. The number of amides is 1. The van der Waals surface area contributed by atoms with Gasteiger partial charge < -0.3 is 10.6 Å². The molecule has 0 saturated heterocycles. The first-order valence-corrected chi connectivity index (χ1v) is 9.06. The fourth-order valence-corrected chi connectivity index (χ4v) is 3.97. The van der Waals surface area contributed by atoms with E-state index in [0.717, 1.165) is 29.3 Å². The first kappa shape index (κ1) is 17.6. The summed E-state index contributed by atoms with van der Waals surface area (Å²) in [6, 6.07) is 10.1. The van der Waals surface area contributed by atoms with Crippen molar-refractivity contribution in [1.29, 1.82) is 0 Å². The van der Waals surface area contributed by atoms with Crippen LogP contribution in [0.2, 0.25) is 5.02 Å². The fraction of sp³-hybridized carbons (Fsp3) is 0.235. The molecule has 1 heterocycles. The predicted molar refractivity (Wildman–Crippen MR) is 99.5 cm³/mol. The SMILES string of the molecule is NC(=O)c1ccc(CN2CCCSc3ccc(Cl)cc32)c([N+](=O)[O-])c1. The van der Waals surface area contributed by atoms with Crippen molar-refractivity contribution in [1.82, 2.24) is 0 Å². The maximum absolute atomic E-state index is 11.4. The second-order valence-corrected chi connectivity index (χ2v) is 7.27. The molecule has 25 heavy (non-hydrogen) atoms. The van der Waals surface area contributed by atoms with E-state index in [4.69, 9.17) is 17.3 Å². The zero-order valence-corrected chi connectivity index (χ0v) is 14.8. The molecule has 0 spiro atoms. The summed E-state index contributed by atoms with van der Waals surface area (Å²) in [5, 5.41) is 12.0. The van der Waals surface area contributed by atoms with Crippen molar-refractivity contribution in [3.8, 4) is 0 Å². The molecule has 1 amide bonds. The number of nitrogens with zero attached hydrogens (tertiary/aromatic N) is 2. The number of halogens is 1. The van der Waals surface area contributed by atoms with Crippen LogP contribution in [0.25, 0.3) is 0 Å². The maximum atomic E-state index is 11.4. The van der Waals surface area contributed by atoms with Crippen molar-refractivity contribution in [2.75, 3.05) is 17.2 Å². The van der Waals surface area contributed by atoms with Crippen LogP contribution in [-0.4, -0.2) is 23.1 Å². The average Bonchev–Trinajstić information content (AvgIpc) is 2.77. The van der Waals surface area contributed by atoms with Crippen LogP contribution >= 0.6 is 23.4 Å². The van der Waals surface area contributed by atoms with Gasteiger partial charge in [-0.05, 0) is 42.5 Å². The third-order valence-corrected chi connectivity index (χ3v) is 5.40. The fourth-order valence-electron chi connectivity index (χ4n) is 2.81. The first-order chi connectivity index (χ1) is 12.0. The van der Waals surface area contributed by atoms with Gasteiger partial charge in [0.25, 0.3) is 5.69 Å². The van der Waals surface area contributed by atoms with Crippen molar-refractivity contribution in [2.24, 2.45) is 5.73 Å². The number of nitrogens with two attached hydrogens (primary N) is 1. The molecule has 2 N–H and O–H groups in total. The number of carbonyl (C=O) groups excluding carboxylic acids is 1. The monoisotopic (exact) mass is 377 g/mol. The third kappa shape index (κ3) is 3.88. The van der Waals surface area contributed by atoms with Crippen LogP contribution in [0.4, 0.5) is 11.4 Å². The Hall–Kier alpha value is -2.25. The Balaban J connectivity index is 1.98. The van der Waals surface area contributed by atoms with E-state index in [9.17, 15) is 14.9 Å². The summed E-state index contributed by atoms with van der Waals surface area (Å²) in [7, 11) is 0. The van der Waals surface area contributed by atoms with Crippen LogP contribution in [0.5, 0.6) is 0 Å². The van der Waals surface area contributed by atoms with Gasteiger partial charge in [0, 0.05) is 40.2 Å². The predicted octanol–water partition coefficient (Wildman–Crippen LogP) is 3.85. The Morgan fingerprint density at radius 2 is 2.12 bits per heavy atom. The topological polar surface area (TPSA) is 89.5 Å². The summed E-state index contributed by atoms with van der Waals surface area (Å²) < 4.78 is 0. The summed E-state index contributed by atoms with van der Waals surface area (Å²) >= 11 is 7.89. The summed E-state index contributed by atoms with van der Waals surface area (Å²) in [6.07, 6.45) is 0.962. The maximum Gasteiger partial charge on any atom is 0.275 e. The molecule has 0 aliphatic carbocycles. The van der Waals surface area contributed by atoms with Gasteiger partial charge in [-0.15, -0.1) is 11.8 Å². The van der Waals surface area contributed by atoms with Crippen molar-refractivity contribution in [3.05, 3.63) is 62.7 Å². The molecule has 1 aliphatic heterocycles. The molecule has 8 heteroatoms. The lowest BCUT2D eigenvalue weighted by atomic mass is 10.1. The van der Waals surface area contributed by atoms with Crippen LogP contribution in [-0.2, 0) is 6.54 Å². The van der Waals surface area contributed by atoms with Crippen LogP contribution in [0.15, 0.2) is 41.3 Å². The van der Waals surface area contributed by atoms with Gasteiger partial charge in [-0.3, -0.25) is 14.9 Å². The van der Waals surface area contributed by atoms with Gasteiger partial charge in [0.1, 0.15) is 0 Å². The molecule has 0 fully saturated rings. The van der Waals surface area contributed by atoms with Gasteiger partial charge in [-0.1, -0.05) is 11.6 Å². The smallest absolute Gasteiger partial charge is 0.275 e. The minimum Gasteiger partial charge on any atom is -0.366 e. The summed E-state index contributed by atoms with van der Waals surface area (Å²) in [6.45, 7) is 1.14. The van der Waals surface area contributed by atoms with E-state index in [1.54, 1.807) is 17.8 Å². The van der Waals surface area contributed by atoms with Crippen molar-refractivity contribution in [2.45, 2.75) is 17.9 Å². The molecule has 3 rings (SSSR count). The molecule has 6 nitrogen and oxygen atoms in total. The van der Waals surface area contributed by atoms with Gasteiger partial charge in [-0.25, -0.2) is 0 Å². The number of hydrogen-bond acceptors (Lipinski definition) is 5. The van der Waals surface area contributed by atoms with Gasteiger partial charge in [0.2, 0.25) is 5.91 Å². The van der Waals surface area contributed by atoms with Crippen molar-refractivity contribution < 1.29 is 9.72 Å². The van der Waals surface area contributed by atoms with Gasteiger partial charge in [0.05, 0.1) is 10.6 Å². The highest BCUT2D eigenvalue weighted by molar-refractivity contribution is 7.99. The lowest BCUT2D eigenvalue weighted by Crippen LogP contribution is -2.24. The normalized spacial score (nSPS) is 13.9. The highest BCUT2D eigenvalue weighted by atomic mass is 35.5. The van der Waals surface area contributed by atoms with E-state index < -0.39 is 10.8 Å². The molecule has 1 aliphatic rings. The van der Waals surface area contributed by atoms with Gasteiger partial charge in [0.15, 0.2) is 0 Å². The molecule has 0 atom stereocenters. The Labute approximate surface area is 154 Å². The summed E-state index contributed by atoms with van der Waals surface area (Å²) in [5.74, 6) is 0.298. The van der Waals surface area contributed by atoms with E-state index in [0.29, 0.717) is 17.1 Å². The highest BCUT2D eigenvalue weighted by Gasteiger charge is 2.22. The zero-order valence-electron chi connectivity index (χ0n) is 13.3. The Bertz CT molecular complexity index is 844. The van der Waals surface area contributed by atoms with E-state index in [1.807, 2.05) is 18.2 Å². The van der Waals surface area contributed by atoms with E-state index >= 15 is 0 Å². The molecule has 2 aromatic carbocycles. The van der Waals surface area contributed by atoms with Gasteiger partial charge in [-0.2, -0.15) is 0 Å². The molecular weight excluding hydrogens is 362 g/mol. The largest absolute Gasteiger partial charge is 0.366 e. The average molecular weight is 378 g/mol. The number of thioether (sulfide) groups is 1. The highest BCUT2D eigenvalue weighted by Crippen LogP contribution is 2.37. The molecule has 0 aromatic heterocycles. The number of nitro benzene ring substituents is 1. The summed E-state index contributed by atoms with van der Waals surface area (Å²) in [5.41, 5.74) is 6.77. The number of fused-ring (bicyclic) bond motifs is 1. The lowest BCUT2D eigenvalue weighted by Gasteiger charge is -2.25. The van der Waals surface area contributed by atoms with Crippen LogP contribution in [0, 0.1) is 10.1 Å². The molecule has 130 valence electrons. The molecule has 0 bridgehead atoms. The zero-order chi connectivity index (χ0) is 18.0. The van der Waals surface area contributed by atoms with E-state index in [1.165, 1.54) is 12.1 Å². The molecular formula is C17H16ClN3O3S. The van der Waals surface area contributed by atoms with Crippen LogP contribution in [0.1, 0.15) is 22.3 Å². The number of hydrogen-bond donors (Lipinski definition) is 1. The standard InChI is InChI=1S/C17H16ClN3O3S/c18-13-4-5-16-15(9-13)20(6-1-7-25-16)10-12-3-2-11(17(19)22)8-14(12)21(23)24/h2-5,8-9H,1,6-7,10H2,(H2,19,22). The van der Waals surface area contributed by atoms with Crippen molar-refractivity contribution in [3.63, 3.8) is 0 Å². The quantitative estimate of drug-likeness (QED) is 0.645. The molecule has 2 aromatic rings. The first-order valence-electron chi connectivity index (χ1n) is 7.70. The van der Waals surface area contributed by atoms with Crippen molar-refractivity contribution >= 4 is 40.6 Å². The Morgan fingerprint density at radius 3 is 2.84 bits per heavy atom. The number of rotatable bonds is 4. The Kier molecular flexibility index (Phi) is 5.15. The van der Waals surface area contributed by atoms with E-state index in [2.05, 4.69) is 4.90 Å². The van der Waals surface area contributed by atoms with Crippen LogP contribution < -0.4 is 10.6 Å². The lowest BCUT2D eigenvalue weighted by molar-refractivity contribution is -0.385. The number of primary amides is 1. The molecule has 0 unspecified atom stereocenters. The van der Waals surface area contributed by atoms with Crippen LogP contribution in [0.3, 0.4) is 0 Å². The molecule has 0 saturated carbocycles. The minimum atomic E-state index is -0.682. The number of carbonyl (C=O) groups is 1. The second-order valence-electron chi connectivity index (χ2n) is 5.70. The number of anilines is 1. The van der Waals surface area contributed by atoms with E-state index in [-0.39, 0.29) is 11.3 Å². The minimum absolute atomic E-state index is 0.100. The summed E-state index contributed by atoms with van der Waals surface area (Å²) in [4.78, 5) is 25.4. The number of nitro groups is 1. The molecule has 0 radical (unpaired) electrons. The number of benzene rings is 2. The third-order valence-electron chi connectivity index (χ3n) is 4.02.